The van der Waals surface area contributed by atoms with E-state index >= 15 is 0 Å². The molecule has 4 rings (SSSR count). The molecule has 2 fully saturated rings. The summed E-state index contributed by atoms with van der Waals surface area (Å²) in [6.45, 7) is 1.09. The largest absolute Gasteiger partial charge is 0.353 e. The third kappa shape index (κ3) is 3.06. The summed E-state index contributed by atoms with van der Waals surface area (Å²) in [7, 11) is 0. The van der Waals surface area contributed by atoms with Gasteiger partial charge in [-0.15, -0.1) is 0 Å². The molecule has 1 aromatic carbocycles. The Labute approximate surface area is 144 Å². The van der Waals surface area contributed by atoms with Crippen LogP contribution in [0, 0.1) is 0 Å². The molecule has 2 amide bonds. The fourth-order valence-electron chi connectivity index (χ4n) is 2.95. The molecule has 0 spiro atoms. The maximum atomic E-state index is 12.0. The summed E-state index contributed by atoms with van der Waals surface area (Å²) in [5.41, 5.74) is 1.69. The van der Waals surface area contributed by atoms with E-state index in [2.05, 4.69) is 25.6 Å². The van der Waals surface area contributed by atoms with E-state index in [4.69, 9.17) is 0 Å². The van der Waals surface area contributed by atoms with Crippen LogP contribution >= 0.6 is 0 Å². The first-order valence-corrected chi connectivity index (χ1v) is 8.02. The summed E-state index contributed by atoms with van der Waals surface area (Å²) in [6, 6.07) is 11.0. The molecular weight excluding hydrogens is 320 g/mol. The van der Waals surface area contributed by atoms with Crippen molar-refractivity contribution in [2.24, 2.45) is 4.99 Å². The van der Waals surface area contributed by atoms with Crippen LogP contribution < -0.4 is 10.6 Å². The van der Waals surface area contributed by atoms with Crippen LogP contribution in [-0.2, 0) is 9.59 Å². The van der Waals surface area contributed by atoms with Crippen LogP contribution in [0.5, 0.6) is 0 Å². The lowest BCUT2D eigenvalue weighted by molar-refractivity contribution is -0.133. The van der Waals surface area contributed by atoms with Gasteiger partial charge in [0.1, 0.15) is 6.04 Å². The number of carbonyl (C=O) groups is 2. The number of nitrogens with one attached hydrogen (secondary N) is 2. The molecule has 0 saturated carbocycles. The Morgan fingerprint density at radius 1 is 1.16 bits per heavy atom. The minimum absolute atomic E-state index is 0.121. The molecule has 25 heavy (non-hydrogen) atoms. The highest BCUT2D eigenvalue weighted by Crippen LogP contribution is 2.19. The van der Waals surface area contributed by atoms with Gasteiger partial charge in [0, 0.05) is 24.8 Å². The van der Waals surface area contributed by atoms with Crippen LogP contribution in [0.25, 0.3) is 11.3 Å². The van der Waals surface area contributed by atoms with Crippen molar-refractivity contribution in [3.63, 3.8) is 0 Å². The van der Waals surface area contributed by atoms with Gasteiger partial charge in [-0.1, -0.05) is 30.3 Å². The number of piperazine rings is 1. The van der Waals surface area contributed by atoms with Gasteiger partial charge in [0.25, 0.3) is 5.95 Å². The van der Waals surface area contributed by atoms with Crippen LogP contribution in [0.2, 0.25) is 0 Å². The van der Waals surface area contributed by atoms with Crippen molar-refractivity contribution in [1.29, 1.82) is 0 Å². The van der Waals surface area contributed by atoms with E-state index in [9.17, 15) is 9.59 Å². The molecule has 2 aliphatic heterocycles. The monoisotopic (exact) mass is 336 g/mol. The number of hydrogen-bond acceptors (Lipinski definition) is 5. The number of nitrogens with zero attached hydrogens (tertiary/aromatic N) is 4. The van der Waals surface area contributed by atoms with Gasteiger partial charge >= 0.3 is 0 Å². The smallest absolute Gasteiger partial charge is 0.253 e. The summed E-state index contributed by atoms with van der Waals surface area (Å²) in [5.74, 6) is 0.161. The summed E-state index contributed by atoms with van der Waals surface area (Å²) in [6.07, 6.45) is 1.75. The number of guanidine groups is 1. The Bertz CT molecular complexity index is 851. The topological polar surface area (TPSA) is 99.6 Å². The Morgan fingerprint density at radius 3 is 2.84 bits per heavy atom. The lowest BCUT2D eigenvalue weighted by atomic mass is 10.1. The average molecular weight is 336 g/mol. The highest BCUT2D eigenvalue weighted by Gasteiger charge is 2.38. The predicted molar refractivity (Wildman–Crippen MR) is 90.8 cm³/mol. The van der Waals surface area contributed by atoms with Gasteiger partial charge in [-0.25, -0.2) is 9.97 Å². The summed E-state index contributed by atoms with van der Waals surface area (Å²) < 4.78 is 0. The maximum absolute atomic E-state index is 12.0. The lowest BCUT2D eigenvalue weighted by Gasteiger charge is -2.39. The zero-order chi connectivity index (χ0) is 17.2. The second kappa shape index (κ2) is 6.31. The second-order valence-electron chi connectivity index (χ2n) is 5.80. The number of amides is 2. The minimum Gasteiger partial charge on any atom is -0.353 e. The van der Waals surface area contributed by atoms with E-state index in [1.807, 2.05) is 30.3 Å². The van der Waals surface area contributed by atoms with E-state index in [0.29, 0.717) is 19.0 Å². The number of fused-ring (bicyclic) bond motifs is 1. The van der Waals surface area contributed by atoms with Gasteiger partial charge in [0.05, 0.1) is 12.1 Å². The minimum atomic E-state index is -0.529. The van der Waals surface area contributed by atoms with Crippen molar-refractivity contribution in [3.8, 4) is 11.3 Å². The number of aromatic nitrogens is 2. The van der Waals surface area contributed by atoms with Crippen LogP contribution in [0.3, 0.4) is 0 Å². The van der Waals surface area contributed by atoms with Crippen molar-refractivity contribution in [3.05, 3.63) is 42.6 Å². The first-order valence-electron chi connectivity index (χ1n) is 8.02. The molecule has 2 aliphatic rings. The molecule has 2 aromatic rings. The number of rotatable bonds is 2. The third-order valence-corrected chi connectivity index (χ3v) is 4.15. The molecule has 8 heteroatoms. The van der Waals surface area contributed by atoms with Gasteiger partial charge in [-0.05, 0) is 6.07 Å². The van der Waals surface area contributed by atoms with Gasteiger partial charge in [-0.2, -0.15) is 4.99 Å². The summed E-state index contributed by atoms with van der Waals surface area (Å²) in [4.78, 5) is 38.7. The van der Waals surface area contributed by atoms with E-state index in [1.165, 1.54) is 0 Å². The van der Waals surface area contributed by atoms with Crippen LogP contribution in [-0.4, -0.2) is 51.8 Å². The first kappa shape index (κ1) is 15.3. The average Bonchev–Trinajstić information content (AvgIpc) is 2.64. The molecule has 0 aliphatic carbocycles. The van der Waals surface area contributed by atoms with Gasteiger partial charge in [-0.3, -0.25) is 14.9 Å². The van der Waals surface area contributed by atoms with Crippen LogP contribution in [0.4, 0.5) is 5.95 Å². The third-order valence-electron chi connectivity index (χ3n) is 4.15. The standard InChI is InChI=1S/C17H16N6O2/c24-14-10-13-15(25)18-8-9-23(13)17(21-14)22-16-19-7-6-12(20-16)11-4-2-1-3-5-11/h1-7,13H,8-10H2,(H,18,25)(H,19,20,21,22,24)/t13-/m1/s1. The SMILES string of the molecule is O=C1C[C@@H]2C(=O)NCCN2C(=Nc2nccc(-c3ccccc3)n2)N1. The Hall–Kier alpha value is -3.29. The molecular formula is C17H16N6O2. The fraction of sp³-hybridized carbons (Fsp3) is 0.235. The first-order chi connectivity index (χ1) is 12.2. The van der Waals surface area contributed by atoms with E-state index in [-0.39, 0.29) is 24.2 Å². The highest BCUT2D eigenvalue weighted by atomic mass is 16.2. The zero-order valence-electron chi connectivity index (χ0n) is 13.3. The van der Waals surface area contributed by atoms with Crippen molar-refractivity contribution in [1.82, 2.24) is 25.5 Å². The second-order valence-corrected chi connectivity index (χ2v) is 5.80. The summed E-state index contributed by atoms with van der Waals surface area (Å²) >= 11 is 0. The lowest BCUT2D eigenvalue weighted by Crippen LogP contribution is -2.65. The Balaban J connectivity index is 1.67. The highest BCUT2D eigenvalue weighted by molar-refractivity contribution is 6.05. The molecule has 1 atom stereocenters. The summed E-state index contributed by atoms with van der Waals surface area (Å²) in [5, 5.41) is 5.49. The van der Waals surface area contributed by atoms with Crippen LogP contribution in [0.1, 0.15) is 6.42 Å². The molecule has 126 valence electrons. The molecule has 2 N–H and O–H groups in total. The van der Waals surface area contributed by atoms with Crippen molar-refractivity contribution < 1.29 is 9.59 Å². The van der Waals surface area contributed by atoms with Gasteiger partial charge in [0.2, 0.25) is 17.8 Å². The van der Waals surface area contributed by atoms with Gasteiger partial charge in [0.15, 0.2) is 0 Å². The van der Waals surface area contributed by atoms with Crippen LogP contribution in [0.15, 0.2) is 47.6 Å². The number of benzene rings is 1. The molecule has 3 heterocycles. The molecule has 2 saturated heterocycles. The fourth-order valence-corrected chi connectivity index (χ4v) is 2.95. The van der Waals surface area contributed by atoms with E-state index in [1.54, 1.807) is 17.2 Å². The molecule has 0 bridgehead atoms. The normalized spacial score (nSPS) is 21.5. The number of aliphatic imine (C=N–C) groups is 1. The Kier molecular flexibility index (Phi) is 3.85. The predicted octanol–water partition coefficient (Wildman–Crippen LogP) is 0.451. The number of hydrogen-bond donors (Lipinski definition) is 2. The Morgan fingerprint density at radius 2 is 2.00 bits per heavy atom. The van der Waals surface area contributed by atoms with Crippen molar-refractivity contribution in [2.75, 3.05) is 13.1 Å². The zero-order valence-corrected chi connectivity index (χ0v) is 13.3. The molecule has 0 unspecified atom stereocenters. The van der Waals surface area contributed by atoms with E-state index in [0.717, 1.165) is 11.3 Å². The van der Waals surface area contributed by atoms with Crippen molar-refractivity contribution >= 4 is 23.7 Å². The number of carbonyl (C=O) groups excluding carboxylic acids is 2. The van der Waals surface area contributed by atoms with Gasteiger partial charge < -0.3 is 10.2 Å². The van der Waals surface area contributed by atoms with Crippen molar-refractivity contribution in [2.45, 2.75) is 12.5 Å². The molecule has 1 aromatic heterocycles. The molecule has 8 nitrogen and oxygen atoms in total. The molecule has 0 radical (unpaired) electrons. The quantitative estimate of drug-likeness (QED) is 0.829. The van der Waals surface area contributed by atoms with E-state index < -0.39 is 6.04 Å². The maximum Gasteiger partial charge on any atom is 0.253 e.